The molecule has 1 amide bonds. The predicted octanol–water partition coefficient (Wildman–Crippen LogP) is 3.80. The van der Waals surface area contributed by atoms with Crippen molar-refractivity contribution in [3.05, 3.63) is 70.8 Å². The van der Waals surface area contributed by atoms with Crippen LogP contribution >= 0.6 is 0 Å². The second-order valence-corrected chi connectivity index (χ2v) is 10.2. The van der Waals surface area contributed by atoms with E-state index in [9.17, 15) is 23.1 Å². The second kappa shape index (κ2) is 8.61. The molecule has 1 aliphatic rings. The topological polar surface area (TPSA) is 104 Å². The number of amides is 1. The Kier molecular flexibility index (Phi) is 5.99. The van der Waals surface area contributed by atoms with Gasteiger partial charge in [-0.3, -0.25) is 9.59 Å². The van der Waals surface area contributed by atoms with Crippen molar-refractivity contribution >= 4 is 38.4 Å². The van der Waals surface area contributed by atoms with Crippen LogP contribution in [0.1, 0.15) is 40.4 Å². The van der Waals surface area contributed by atoms with E-state index < -0.39 is 22.0 Å². The Morgan fingerprint density at radius 2 is 1.79 bits per heavy atom. The van der Waals surface area contributed by atoms with E-state index in [1.165, 1.54) is 6.07 Å². The predicted molar refractivity (Wildman–Crippen MR) is 127 cm³/mol. The Balaban J connectivity index is 1.73. The van der Waals surface area contributed by atoms with E-state index in [-0.39, 0.29) is 23.6 Å². The molecule has 172 valence electrons. The van der Waals surface area contributed by atoms with Gasteiger partial charge < -0.3 is 10.0 Å². The molecular formula is C25H26N2O5S. The van der Waals surface area contributed by atoms with E-state index in [0.29, 0.717) is 28.6 Å². The summed E-state index contributed by atoms with van der Waals surface area (Å²) in [7, 11) is -4.06. The molecule has 0 saturated heterocycles. The average Bonchev–Trinajstić information content (AvgIpc) is 2.99. The van der Waals surface area contributed by atoms with Crippen molar-refractivity contribution in [2.75, 3.05) is 11.4 Å². The molecule has 0 radical (unpaired) electrons. The highest BCUT2D eigenvalue weighted by Crippen LogP contribution is 2.40. The monoisotopic (exact) mass is 466 g/mol. The maximum atomic E-state index is 13.4. The number of nitrogens with one attached hydrogen (secondary N) is 1. The van der Waals surface area contributed by atoms with Gasteiger partial charge in [0.25, 0.3) is 5.91 Å². The summed E-state index contributed by atoms with van der Waals surface area (Å²) in [4.78, 5) is 25.9. The highest BCUT2D eigenvalue weighted by atomic mass is 32.2. The van der Waals surface area contributed by atoms with E-state index >= 15 is 0 Å². The number of sulfonamides is 1. The minimum Gasteiger partial charge on any atom is -0.481 e. The van der Waals surface area contributed by atoms with E-state index in [0.717, 1.165) is 16.7 Å². The molecule has 0 saturated carbocycles. The lowest BCUT2D eigenvalue weighted by Gasteiger charge is -2.19. The van der Waals surface area contributed by atoms with Gasteiger partial charge in [0.05, 0.1) is 17.0 Å². The Hall–Kier alpha value is -3.23. The molecule has 1 unspecified atom stereocenters. The number of carbonyl (C=O) groups excluding carboxylic acids is 1. The SMILES string of the molecule is CCN1C(=O)c2cccc3c(S(=O)(=O)NC(CC(=O)O)Cc4cc(C)cc(C)c4)ccc1c23. The lowest BCUT2D eigenvalue weighted by Crippen LogP contribution is -2.38. The van der Waals surface area contributed by atoms with Crippen LogP contribution in [0, 0.1) is 13.8 Å². The summed E-state index contributed by atoms with van der Waals surface area (Å²) in [6, 6.07) is 13.2. The molecular weight excluding hydrogens is 440 g/mol. The molecule has 1 heterocycles. The number of hydrogen-bond donors (Lipinski definition) is 2. The smallest absolute Gasteiger partial charge is 0.304 e. The van der Waals surface area contributed by atoms with Gasteiger partial charge in [-0.05, 0) is 51.0 Å². The minimum absolute atomic E-state index is 0.0321. The number of aryl methyl sites for hydroxylation is 2. The number of rotatable bonds is 8. The van der Waals surface area contributed by atoms with Gasteiger partial charge in [0.2, 0.25) is 10.0 Å². The summed E-state index contributed by atoms with van der Waals surface area (Å²) >= 11 is 0. The number of anilines is 1. The zero-order chi connectivity index (χ0) is 23.9. The Morgan fingerprint density at radius 1 is 1.09 bits per heavy atom. The normalized spacial score (nSPS) is 14.2. The van der Waals surface area contributed by atoms with Crippen molar-refractivity contribution < 1.29 is 23.1 Å². The summed E-state index contributed by atoms with van der Waals surface area (Å²) in [5, 5.41) is 10.5. The third-order valence-electron chi connectivity index (χ3n) is 5.86. The van der Waals surface area contributed by atoms with E-state index in [1.54, 1.807) is 29.2 Å². The fourth-order valence-electron chi connectivity index (χ4n) is 4.69. The van der Waals surface area contributed by atoms with Crippen LogP contribution in [0.25, 0.3) is 10.8 Å². The number of benzene rings is 3. The van der Waals surface area contributed by atoms with Gasteiger partial charge in [-0.25, -0.2) is 13.1 Å². The molecule has 0 aromatic heterocycles. The largest absolute Gasteiger partial charge is 0.481 e. The lowest BCUT2D eigenvalue weighted by atomic mass is 10.00. The van der Waals surface area contributed by atoms with Gasteiger partial charge in [-0.2, -0.15) is 0 Å². The molecule has 1 aliphatic heterocycles. The van der Waals surface area contributed by atoms with Gasteiger partial charge >= 0.3 is 5.97 Å². The second-order valence-electron chi connectivity index (χ2n) is 8.48. The van der Waals surface area contributed by atoms with E-state index in [1.807, 2.05) is 39.0 Å². The van der Waals surface area contributed by atoms with Crippen molar-refractivity contribution in [3.63, 3.8) is 0 Å². The summed E-state index contributed by atoms with van der Waals surface area (Å²) in [6.45, 7) is 6.23. The fourth-order valence-corrected chi connectivity index (χ4v) is 6.13. The van der Waals surface area contributed by atoms with Crippen LogP contribution in [0.15, 0.2) is 53.4 Å². The molecule has 0 fully saturated rings. The Bertz CT molecular complexity index is 1360. The molecule has 2 N–H and O–H groups in total. The molecule has 1 atom stereocenters. The van der Waals surface area contributed by atoms with Crippen LogP contribution < -0.4 is 9.62 Å². The highest BCUT2D eigenvalue weighted by molar-refractivity contribution is 7.89. The number of hydrogen-bond acceptors (Lipinski definition) is 4. The maximum Gasteiger partial charge on any atom is 0.304 e. The highest BCUT2D eigenvalue weighted by Gasteiger charge is 2.32. The van der Waals surface area contributed by atoms with Crippen LogP contribution in [0.3, 0.4) is 0 Å². The molecule has 8 heteroatoms. The van der Waals surface area contributed by atoms with Crippen LogP contribution in [-0.2, 0) is 21.2 Å². The van der Waals surface area contributed by atoms with Crippen molar-refractivity contribution in [1.82, 2.24) is 4.72 Å². The standard InChI is InChI=1S/C25H26N2O5S/c1-4-27-21-8-9-22(19-6-5-7-20(24(19)21)25(27)30)33(31,32)26-18(14-23(28)29)13-17-11-15(2)10-16(3)12-17/h5-12,18,26H,4,13-14H2,1-3H3,(H,28,29). The zero-order valence-corrected chi connectivity index (χ0v) is 19.6. The molecule has 33 heavy (non-hydrogen) atoms. The van der Waals surface area contributed by atoms with E-state index in [4.69, 9.17) is 0 Å². The molecule has 4 rings (SSSR count). The molecule has 3 aromatic carbocycles. The number of carbonyl (C=O) groups is 2. The van der Waals surface area contributed by atoms with Gasteiger partial charge in [0.15, 0.2) is 0 Å². The molecule has 0 bridgehead atoms. The third-order valence-corrected chi connectivity index (χ3v) is 7.44. The van der Waals surface area contributed by atoms with Gasteiger partial charge in [0, 0.05) is 28.9 Å². The quantitative estimate of drug-likeness (QED) is 0.526. The number of carboxylic acid groups (broad SMARTS) is 1. The minimum atomic E-state index is -4.06. The number of nitrogens with zero attached hydrogens (tertiary/aromatic N) is 1. The molecule has 7 nitrogen and oxygen atoms in total. The first-order chi connectivity index (χ1) is 15.6. The first kappa shape index (κ1) is 22.9. The zero-order valence-electron chi connectivity index (χ0n) is 18.8. The van der Waals surface area contributed by atoms with Crippen molar-refractivity contribution in [2.24, 2.45) is 0 Å². The molecule has 3 aromatic rings. The molecule has 0 aliphatic carbocycles. The fraction of sp³-hybridized carbons (Fsp3) is 0.280. The van der Waals surface area contributed by atoms with Crippen LogP contribution in [-0.4, -0.2) is 38.0 Å². The molecule has 0 spiro atoms. The first-order valence-corrected chi connectivity index (χ1v) is 12.3. The first-order valence-electron chi connectivity index (χ1n) is 10.8. The summed E-state index contributed by atoms with van der Waals surface area (Å²) in [5.41, 5.74) is 4.08. The number of carboxylic acids is 1. The Labute approximate surface area is 193 Å². The van der Waals surface area contributed by atoms with Gasteiger partial charge in [-0.15, -0.1) is 0 Å². The van der Waals surface area contributed by atoms with Crippen LogP contribution in [0.4, 0.5) is 5.69 Å². The van der Waals surface area contributed by atoms with E-state index in [2.05, 4.69) is 4.72 Å². The summed E-state index contributed by atoms with van der Waals surface area (Å²) in [5.74, 6) is -1.24. The lowest BCUT2D eigenvalue weighted by molar-refractivity contribution is -0.137. The summed E-state index contributed by atoms with van der Waals surface area (Å²) < 4.78 is 29.5. The third kappa shape index (κ3) is 4.36. The Morgan fingerprint density at radius 3 is 2.42 bits per heavy atom. The van der Waals surface area contributed by atoms with Gasteiger partial charge in [0.1, 0.15) is 0 Å². The van der Waals surface area contributed by atoms with Crippen molar-refractivity contribution in [1.29, 1.82) is 0 Å². The maximum absolute atomic E-state index is 13.4. The van der Waals surface area contributed by atoms with Crippen molar-refractivity contribution in [2.45, 2.75) is 44.6 Å². The summed E-state index contributed by atoms with van der Waals surface area (Å²) in [6.07, 6.45) is -0.104. The average molecular weight is 467 g/mol. The number of aliphatic carboxylic acids is 1. The van der Waals surface area contributed by atoms with Gasteiger partial charge in [-0.1, -0.05) is 41.5 Å². The van der Waals surface area contributed by atoms with Crippen LogP contribution in [0.5, 0.6) is 0 Å². The van der Waals surface area contributed by atoms with Crippen LogP contribution in [0.2, 0.25) is 0 Å². The van der Waals surface area contributed by atoms with Crippen molar-refractivity contribution in [3.8, 4) is 0 Å².